The number of furan rings is 1. The highest BCUT2D eigenvalue weighted by molar-refractivity contribution is 7.89. The minimum Gasteiger partial charge on any atom is -0.497 e. The van der Waals surface area contributed by atoms with Gasteiger partial charge in [0.2, 0.25) is 33.1 Å². The minimum atomic E-state index is -3.55. The SMILES string of the molecule is COc1ccc(-c2oc3c(c2CC(=O)NCCS(=O)(=O)N(C)C)C(=O)[C@@]2(Oc4c(Cl)c(OC)cc(OC)c4C2=O)[C@H](C)C3)cc1. The van der Waals surface area contributed by atoms with Gasteiger partial charge in [-0.1, -0.05) is 18.5 Å². The Morgan fingerprint density at radius 1 is 1.04 bits per heavy atom. The molecule has 2 heterocycles. The molecule has 12 nitrogen and oxygen atoms in total. The number of fused-ring (bicyclic) bond motifs is 2. The van der Waals surface area contributed by atoms with E-state index in [1.165, 1.54) is 41.5 Å². The number of carbonyl (C=O) groups excluding carboxylic acids is 3. The summed E-state index contributed by atoms with van der Waals surface area (Å²) in [6.45, 7) is 1.55. The summed E-state index contributed by atoms with van der Waals surface area (Å²) < 4.78 is 54.0. The highest BCUT2D eigenvalue weighted by Gasteiger charge is 2.63. The van der Waals surface area contributed by atoms with Crippen molar-refractivity contribution in [2.45, 2.75) is 25.4 Å². The van der Waals surface area contributed by atoms with Crippen LogP contribution in [-0.2, 0) is 27.7 Å². The third kappa shape index (κ3) is 5.32. The number of halogens is 1. The fraction of sp³-hybridized carbons (Fsp3) is 0.387. The molecular formula is C31H33ClN2O10S. The second-order valence-corrected chi connectivity index (χ2v) is 13.6. The van der Waals surface area contributed by atoms with Gasteiger partial charge in [-0.3, -0.25) is 14.4 Å². The summed E-state index contributed by atoms with van der Waals surface area (Å²) in [5.41, 5.74) is -1.13. The topological polar surface area (TPSA) is 151 Å². The number of carbonyl (C=O) groups is 3. The number of benzene rings is 2. The molecule has 5 rings (SSSR count). The highest BCUT2D eigenvalue weighted by Crippen LogP contribution is 2.54. The van der Waals surface area contributed by atoms with Crippen LogP contribution in [0.1, 0.15) is 39.0 Å². The first-order valence-electron chi connectivity index (χ1n) is 14.0. The molecule has 1 spiro atoms. The average Bonchev–Trinajstić information content (AvgIpc) is 3.52. The molecule has 2 atom stereocenters. The summed E-state index contributed by atoms with van der Waals surface area (Å²) in [6.07, 6.45) is -0.207. The lowest BCUT2D eigenvalue weighted by Gasteiger charge is -2.35. The highest BCUT2D eigenvalue weighted by atomic mass is 35.5. The van der Waals surface area contributed by atoms with Crippen LogP contribution in [-0.4, -0.2) is 83.5 Å². The number of sulfonamides is 1. The standard InChI is InChI=1S/C31H33ClN2O10S/c1-16-13-21-24(29(36)31(16)30(37)25-20(41-5)15-22(42-6)26(32)28(25)44-31)19(14-23(35)33-11-12-45(38,39)34(2)3)27(43-21)17-7-9-18(40-4)10-8-17/h7-10,15-16H,11-14H2,1-6H3,(H,33,35)/t16-,31+/m1/s1. The zero-order valence-electron chi connectivity index (χ0n) is 25.6. The minimum absolute atomic E-state index is 0.0164. The molecular weight excluding hydrogens is 628 g/mol. The quantitative estimate of drug-likeness (QED) is 0.320. The monoisotopic (exact) mass is 660 g/mol. The number of hydrogen-bond acceptors (Lipinski definition) is 10. The lowest BCUT2D eigenvalue weighted by molar-refractivity contribution is -0.120. The van der Waals surface area contributed by atoms with Crippen molar-refractivity contribution in [3.63, 3.8) is 0 Å². The maximum Gasteiger partial charge on any atom is 0.237 e. The fourth-order valence-electron chi connectivity index (χ4n) is 5.70. The summed E-state index contributed by atoms with van der Waals surface area (Å²) in [7, 11) is 3.56. The van der Waals surface area contributed by atoms with Crippen LogP contribution in [0.15, 0.2) is 34.7 Å². The molecule has 1 amide bonds. The first kappa shape index (κ1) is 32.3. The molecule has 1 N–H and O–H groups in total. The molecule has 2 aliphatic rings. The molecule has 0 radical (unpaired) electrons. The summed E-state index contributed by atoms with van der Waals surface area (Å²) in [4.78, 5) is 42.0. The van der Waals surface area contributed by atoms with Crippen molar-refractivity contribution in [2.24, 2.45) is 5.92 Å². The van der Waals surface area contributed by atoms with Crippen LogP contribution in [0.4, 0.5) is 0 Å². The zero-order valence-corrected chi connectivity index (χ0v) is 27.2. The van der Waals surface area contributed by atoms with Gasteiger partial charge in [-0.2, -0.15) is 0 Å². The van der Waals surface area contributed by atoms with Gasteiger partial charge >= 0.3 is 0 Å². The Kier molecular flexibility index (Phi) is 8.64. The third-order valence-corrected chi connectivity index (χ3v) is 10.4. The van der Waals surface area contributed by atoms with Gasteiger partial charge in [0.15, 0.2) is 5.75 Å². The summed E-state index contributed by atoms with van der Waals surface area (Å²) in [5.74, 6) is -1.41. The first-order chi connectivity index (χ1) is 21.3. The molecule has 14 heteroatoms. The first-order valence-corrected chi connectivity index (χ1v) is 16.0. The number of hydrogen-bond donors (Lipinski definition) is 1. The number of ketones is 2. The third-order valence-electron chi connectivity index (χ3n) is 8.18. The van der Waals surface area contributed by atoms with Gasteiger partial charge in [-0.15, -0.1) is 0 Å². The number of ether oxygens (including phenoxy) is 4. The summed E-state index contributed by atoms with van der Waals surface area (Å²) in [5, 5.41) is 2.63. The predicted molar refractivity (Wildman–Crippen MR) is 164 cm³/mol. The van der Waals surface area contributed by atoms with Crippen molar-refractivity contribution in [2.75, 3.05) is 47.7 Å². The number of rotatable bonds is 10. The number of amides is 1. The van der Waals surface area contributed by atoms with Gasteiger partial charge in [-0.05, 0) is 24.3 Å². The van der Waals surface area contributed by atoms with Gasteiger partial charge in [0.1, 0.15) is 39.4 Å². The van der Waals surface area contributed by atoms with Gasteiger partial charge in [0, 0.05) is 50.2 Å². The lowest BCUT2D eigenvalue weighted by atomic mass is 9.70. The smallest absolute Gasteiger partial charge is 0.237 e. The molecule has 1 aliphatic carbocycles. The molecule has 3 aromatic rings. The molecule has 0 saturated carbocycles. The Hall–Kier alpha value is -4.07. The van der Waals surface area contributed by atoms with Crippen LogP contribution in [0.2, 0.25) is 5.02 Å². The maximum absolute atomic E-state index is 14.6. The van der Waals surface area contributed by atoms with Gasteiger partial charge < -0.3 is 28.7 Å². The van der Waals surface area contributed by atoms with Crippen molar-refractivity contribution in [1.29, 1.82) is 0 Å². The Morgan fingerprint density at radius 3 is 2.29 bits per heavy atom. The zero-order chi connectivity index (χ0) is 32.8. The van der Waals surface area contributed by atoms with E-state index < -0.39 is 39.0 Å². The lowest BCUT2D eigenvalue weighted by Crippen LogP contribution is -2.56. The van der Waals surface area contributed by atoms with E-state index in [1.807, 2.05) is 0 Å². The van der Waals surface area contributed by atoms with Crippen LogP contribution in [0.5, 0.6) is 23.0 Å². The van der Waals surface area contributed by atoms with E-state index in [1.54, 1.807) is 31.2 Å². The van der Waals surface area contributed by atoms with Crippen molar-refractivity contribution < 1.29 is 46.2 Å². The van der Waals surface area contributed by atoms with Crippen molar-refractivity contribution in [1.82, 2.24) is 9.62 Å². The molecule has 1 aliphatic heterocycles. The van der Waals surface area contributed by atoms with Gasteiger partial charge in [0.05, 0.1) is 39.1 Å². The Labute approximate surface area is 265 Å². The van der Waals surface area contributed by atoms with E-state index in [-0.39, 0.29) is 69.9 Å². The van der Waals surface area contributed by atoms with E-state index in [9.17, 15) is 22.8 Å². The van der Waals surface area contributed by atoms with Crippen LogP contribution in [0.3, 0.4) is 0 Å². The molecule has 1 aromatic heterocycles. The number of nitrogens with one attached hydrogen (secondary N) is 1. The molecule has 2 aromatic carbocycles. The van der Waals surface area contributed by atoms with E-state index in [2.05, 4.69) is 5.32 Å². The number of methoxy groups -OCH3 is 3. The van der Waals surface area contributed by atoms with Crippen LogP contribution >= 0.6 is 11.6 Å². The summed E-state index contributed by atoms with van der Waals surface area (Å²) in [6, 6.07) is 8.32. The molecule has 0 saturated heterocycles. The molecule has 240 valence electrons. The van der Waals surface area contributed by atoms with E-state index >= 15 is 0 Å². The second kappa shape index (κ2) is 12.0. The largest absolute Gasteiger partial charge is 0.497 e. The summed E-state index contributed by atoms with van der Waals surface area (Å²) >= 11 is 6.56. The number of nitrogens with zero attached hydrogens (tertiary/aromatic N) is 1. The van der Waals surface area contributed by atoms with E-state index in [0.29, 0.717) is 17.1 Å². The van der Waals surface area contributed by atoms with Gasteiger partial charge in [-0.25, -0.2) is 12.7 Å². The van der Waals surface area contributed by atoms with E-state index in [4.69, 9.17) is 35.0 Å². The van der Waals surface area contributed by atoms with Crippen LogP contribution < -0.4 is 24.3 Å². The Morgan fingerprint density at radius 2 is 1.69 bits per heavy atom. The number of Topliss-reactive ketones (excluding diaryl/α,β-unsaturated/α-hetero) is 2. The van der Waals surface area contributed by atoms with E-state index in [0.717, 1.165) is 4.31 Å². The normalized spacial score (nSPS) is 18.9. The van der Waals surface area contributed by atoms with Crippen molar-refractivity contribution >= 4 is 39.1 Å². The molecule has 0 bridgehead atoms. The van der Waals surface area contributed by atoms with Crippen LogP contribution in [0.25, 0.3) is 11.3 Å². The molecule has 45 heavy (non-hydrogen) atoms. The Balaban J connectivity index is 1.59. The van der Waals surface area contributed by atoms with Gasteiger partial charge in [0.25, 0.3) is 0 Å². The fourth-order valence-corrected chi connectivity index (χ4v) is 6.69. The molecule has 0 unspecified atom stereocenters. The Bertz CT molecular complexity index is 1800. The van der Waals surface area contributed by atoms with Crippen LogP contribution in [0, 0.1) is 5.92 Å². The predicted octanol–water partition coefficient (Wildman–Crippen LogP) is 3.56. The maximum atomic E-state index is 14.6. The second-order valence-electron chi connectivity index (χ2n) is 11.0. The van der Waals surface area contributed by atoms with Crippen molar-refractivity contribution in [3.05, 3.63) is 57.8 Å². The molecule has 0 fully saturated rings. The van der Waals surface area contributed by atoms with Crippen molar-refractivity contribution in [3.8, 4) is 34.3 Å². The average molecular weight is 661 g/mol.